The van der Waals surface area contributed by atoms with Crippen LogP contribution in [0.25, 0.3) is 20.5 Å². The molecular formula is C28H28ClNO4S. The van der Waals surface area contributed by atoms with Gasteiger partial charge in [0.1, 0.15) is 17.2 Å². The minimum atomic E-state index is -0.0852. The van der Waals surface area contributed by atoms with E-state index in [1.807, 2.05) is 12.1 Å². The van der Waals surface area contributed by atoms with E-state index in [1.54, 1.807) is 54.6 Å². The van der Waals surface area contributed by atoms with Crippen LogP contribution in [0.2, 0.25) is 0 Å². The van der Waals surface area contributed by atoms with Gasteiger partial charge in [-0.3, -0.25) is 4.79 Å². The zero-order valence-electron chi connectivity index (χ0n) is 19.2. The molecule has 1 aromatic heterocycles. The number of carbonyl (C=O) groups excluding carboxylic acids is 1. The number of ketones is 1. The molecule has 4 aromatic rings. The van der Waals surface area contributed by atoms with Gasteiger partial charge in [0.15, 0.2) is 5.78 Å². The van der Waals surface area contributed by atoms with E-state index in [9.17, 15) is 15.0 Å². The summed E-state index contributed by atoms with van der Waals surface area (Å²) in [5.41, 5.74) is 2.02. The third kappa shape index (κ3) is 5.61. The predicted octanol–water partition coefficient (Wildman–Crippen LogP) is 6.54. The molecule has 35 heavy (non-hydrogen) atoms. The third-order valence-corrected chi connectivity index (χ3v) is 7.50. The second-order valence-electron chi connectivity index (χ2n) is 8.67. The van der Waals surface area contributed by atoms with E-state index in [0.717, 1.165) is 39.2 Å². The molecule has 0 aliphatic carbocycles. The van der Waals surface area contributed by atoms with Gasteiger partial charge in [-0.25, -0.2) is 0 Å². The minimum Gasteiger partial charge on any atom is -0.508 e. The van der Waals surface area contributed by atoms with Gasteiger partial charge in [0.2, 0.25) is 0 Å². The molecule has 1 aliphatic rings. The molecule has 0 radical (unpaired) electrons. The molecule has 3 aromatic carbocycles. The second-order valence-corrected chi connectivity index (χ2v) is 9.72. The molecule has 1 saturated heterocycles. The van der Waals surface area contributed by atoms with E-state index in [4.69, 9.17) is 4.74 Å². The van der Waals surface area contributed by atoms with Crippen molar-refractivity contribution in [1.29, 1.82) is 0 Å². The Bertz CT molecular complexity index is 1300. The SMILES string of the molecule is Cl.O=C(c1ccc(OCCC2CCCCN2)cc1)c1c(-c2ccc(O)cc2)sc2cc(O)ccc12. The summed E-state index contributed by atoms with van der Waals surface area (Å²) in [6.07, 6.45) is 4.70. The Morgan fingerprint density at radius 3 is 2.43 bits per heavy atom. The molecule has 0 saturated carbocycles. The third-order valence-electron chi connectivity index (χ3n) is 6.29. The summed E-state index contributed by atoms with van der Waals surface area (Å²) in [7, 11) is 0. The van der Waals surface area contributed by atoms with Crippen molar-refractivity contribution in [1.82, 2.24) is 5.32 Å². The van der Waals surface area contributed by atoms with Gasteiger partial charge in [-0.05, 0) is 98.1 Å². The first-order valence-electron chi connectivity index (χ1n) is 11.6. The average Bonchev–Trinajstić information content (AvgIpc) is 3.23. The van der Waals surface area contributed by atoms with Crippen molar-refractivity contribution in [3.05, 3.63) is 77.9 Å². The van der Waals surface area contributed by atoms with Crippen LogP contribution in [0.4, 0.5) is 0 Å². The molecule has 5 rings (SSSR count). The monoisotopic (exact) mass is 509 g/mol. The lowest BCUT2D eigenvalue weighted by molar-refractivity contribution is 0.104. The lowest BCUT2D eigenvalue weighted by Crippen LogP contribution is -2.35. The van der Waals surface area contributed by atoms with Crippen LogP contribution in [0, 0.1) is 0 Å². The lowest BCUT2D eigenvalue weighted by Gasteiger charge is -2.23. The van der Waals surface area contributed by atoms with Crippen LogP contribution in [0.3, 0.4) is 0 Å². The summed E-state index contributed by atoms with van der Waals surface area (Å²) >= 11 is 1.45. The largest absolute Gasteiger partial charge is 0.508 e. The molecule has 1 atom stereocenters. The molecule has 1 aliphatic heterocycles. The number of piperidine rings is 1. The van der Waals surface area contributed by atoms with Crippen LogP contribution >= 0.6 is 23.7 Å². The summed E-state index contributed by atoms with van der Waals surface area (Å²) in [6, 6.07) is 19.7. The molecule has 7 heteroatoms. The van der Waals surface area contributed by atoms with E-state index in [-0.39, 0.29) is 29.7 Å². The Morgan fingerprint density at radius 1 is 0.971 bits per heavy atom. The van der Waals surface area contributed by atoms with Gasteiger partial charge in [-0.1, -0.05) is 6.42 Å². The molecule has 182 valence electrons. The summed E-state index contributed by atoms with van der Waals surface area (Å²) in [5, 5.41) is 24.0. The number of rotatable bonds is 7. The summed E-state index contributed by atoms with van der Waals surface area (Å²) in [4.78, 5) is 14.5. The number of hydrogen-bond acceptors (Lipinski definition) is 6. The Hall–Kier alpha value is -3.06. The van der Waals surface area contributed by atoms with Crippen molar-refractivity contribution in [2.45, 2.75) is 31.7 Å². The number of halogens is 1. The fourth-order valence-electron chi connectivity index (χ4n) is 4.46. The molecular weight excluding hydrogens is 482 g/mol. The number of aromatic hydroxyl groups is 2. The van der Waals surface area contributed by atoms with E-state index >= 15 is 0 Å². The summed E-state index contributed by atoms with van der Waals surface area (Å²) in [5.74, 6) is 1.00. The highest BCUT2D eigenvalue weighted by Gasteiger charge is 2.22. The maximum absolute atomic E-state index is 13.6. The number of ether oxygens (including phenoxy) is 1. The van der Waals surface area contributed by atoms with Gasteiger partial charge >= 0.3 is 0 Å². The van der Waals surface area contributed by atoms with Gasteiger partial charge < -0.3 is 20.3 Å². The van der Waals surface area contributed by atoms with E-state index in [0.29, 0.717) is 23.8 Å². The molecule has 0 spiro atoms. The summed E-state index contributed by atoms with van der Waals surface area (Å²) in [6.45, 7) is 1.74. The topological polar surface area (TPSA) is 78.8 Å². The first kappa shape index (κ1) is 25.0. The molecule has 3 N–H and O–H groups in total. The lowest BCUT2D eigenvalue weighted by atomic mass is 9.97. The zero-order chi connectivity index (χ0) is 23.5. The van der Waals surface area contributed by atoms with Crippen LogP contribution in [0.5, 0.6) is 17.2 Å². The van der Waals surface area contributed by atoms with Gasteiger partial charge in [-0.15, -0.1) is 23.7 Å². The van der Waals surface area contributed by atoms with Gasteiger partial charge in [-0.2, -0.15) is 0 Å². The van der Waals surface area contributed by atoms with Crippen molar-refractivity contribution in [2.75, 3.05) is 13.2 Å². The number of carbonyl (C=O) groups is 1. The maximum Gasteiger partial charge on any atom is 0.195 e. The predicted molar refractivity (Wildman–Crippen MR) is 143 cm³/mol. The molecule has 0 amide bonds. The van der Waals surface area contributed by atoms with Crippen LogP contribution in [-0.4, -0.2) is 35.2 Å². The van der Waals surface area contributed by atoms with Gasteiger partial charge in [0.25, 0.3) is 0 Å². The molecule has 2 heterocycles. The standard InChI is InChI=1S/C28H27NO4S.ClH/c30-21-8-4-19(5-9-21)28-26(24-13-10-22(31)17-25(24)34-28)27(32)18-6-11-23(12-7-18)33-16-14-20-3-1-2-15-29-20;/h4-13,17,20,29-31H,1-3,14-16H2;1H. The van der Waals surface area contributed by atoms with E-state index in [1.165, 1.54) is 30.6 Å². The molecule has 1 fully saturated rings. The molecule has 5 nitrogen and oxygen atoms in total. The van der Waals surface area contributed by atoms with Crippen LogP contribution < -0.4 is 10.1 Å². The normalized spacial score (nSPS) is 15.5. The first-order chi connectivity index (χ1) is 16.6. The Balaban J connectivity index is 0.00000289. The molecule has 1 unspecified atom stereocenters. The fourth-order valence-corrected chi connectivity index (χ4v) is 5.70. The first-order valence-corrected chi connectivity index (χ1v) is 12.5. The van der Waals surface area contributed by atoms with Crippen LogP contribution in [0.1, 0.15) is 41.6 Å². The van der Waals surface area contributed by atoms with Crippen molar-refractivity contribution in [3.63, 3.8) is 0 Å². The summed E-state index contributed by atoms with van der Waals surface area (Å²) < 4.78 is 6.76. The van der Waals surface area contributed by atoms with E-state index in [2.05, 4.69) is 5.32 Å². The highest BCUT2D eigenvalue weighted by Crippen LogP contribution is 2.41. The number of phenols is 2. The average molecular weight is 510 g/mol. The van der Waals surface area contributed by atoms with Crippen molar-refractivity contribution >= 4 is 39.6 Å². The zero-order valence-corrected chi connectivity index (χ0v) is 20.8. The van der Waals surface area contributed by atoms with Crippen molar-refractivity contribution in [2.24, 2.45) is 0 Å². The number of benzene rings is 3. The minimum absolute atomic E-state index is 0. The Kier molecular flexibility index (Phi) is 7.96. The number of fused-ring (bicyclic) bond motifs is 1. The van der Waals surface area contributed by atoms with Crippen molar-refractivity contribution in [3.8, 4) is 27.7 Å². The second kappa shape index (κ2) is 11.1. The Morgan fingerprint density at radius 2 is 1.71 bits per heavy atom. The quantitative estimate of drug-likeness (QED) is 0.246. The molecule has 0 bridgehead atoms. The Labute approximate surface area is 214 Å². The van der Waals surface area contributed by atoms with Crippen LogP contribution in [-0.2, 0) is 0 Å². The fraction of sp³-hybridized carbons (Fsp3) is 0.250. The van der Waals surface area contributed by atoms with Crippen LogP contribution in [0.15, 0.2) is 66.7 Å². The van der Waals surface area contributed by atoms with E-state index < -0.39 is 0 Å². The number of hydrogen-bond donors (Lipinski definition) is 3. The highest BCUT2D eigenvalue weighted by atomic mass is 35.5. The number of thiophene rings is 1. The van der Waals surface area contributed by atoms with Gasteiger partial charge in [0.05, 0.1) is 6.61 Å². The maximum atomic E-state index is 13.6. The number of phenolic OH excluding ortho intramolecular Hbond substituents is 2. The highest BCUT2D eigenvalue weighted by molar-refractivity contribution is 7.22. The number of nitrogens with one attached hydrogen (secondary N) is 1. The smallest absolute Gasteiger partial charge is 0.195 e. The van der Waals surface area contributed by atoms with Gasteiger partial charge in [0, 0.05) is 32.1 Å². The van der Waals surface area contributed by atoms with Crippen molar-refractivity contribution < 1.29 is 19.7 Å².